The molecule has 0 aliphatic carbocycles. The van der Waals surface area contributed by atoms with Crippen LogP contribution in [0.25, 0.3) is 10.8 Å². The van der Waals surface area contributed by atoms with Gasteiger partial charge in [-0.15, -0.1) is 0 Å². The Labute approximate surface area is 159 Å². The minimum absolute atomic E-state index is 0.0222. The number of Topliss-reactive ketones (excluding diaryl/α,β-unsaturated/α-hetero) is 1. The lowest BCUT2D eigenvalue weighted by Gasteiger charge is -2.31. The first kappa shape index (κ1) is 17.5. The molecule has 3 nitrogen and oxygen atoms in total. The van der Waals surface area contributed by atoms with Crippen LogP contribution in [0.3, 0.4) is 0 Å². The Morgan fingerprint density at radius 2 is 1.48 bits per heavy atom. The van der Waals surface area contributed by atoms with Crippen LogP contribution < -0.4 is 0 Å². The molecule has 0 aromatic heterocycles. The number of hydrogen-bond donors (Lipinski definition) is 0. The predicted molar refractivity (Wildman–Crippen MR) is 108 cm³/mol. The van der Waals surface area contributed by atoms with Crippen LogP contribution in [0.1, 0.15) is 28.8 Å². The summed E-state index contributed by atoms with van der Waals surface area (Å²) in [6, 6.07) is 23.8. The fraction of sp³-hybridized carbons (Fsp3) is 0.250. The van der Waals surface area contributed by atoms with E-state index in [0.717, 1.165) is 34.7 Å². The van der Waals surface area contributed by atoms with Crippen molar-refractivity contribution in [2.75, 3.05) is 13.1 Å². The first-order valence-corrected chi connectivity index (χ1v) is 9.56. The molecule has 3 heteroatoms. The summed E-state index contributed by atoms with van der Waals surface area (Å²) >= 11 is 0. The zero-order chi connectivity index (χ0) is 18.6. The van der Waals surface area contributed by atoms with Gasteiger partial charge in [-0.2, -0.15) is 0 Å². The lowest BCUT2D eigenvalue weighted by Crippen LogP contribution is -2.41. The second-order valence-electron chi connectivity index (χ2n) is 7.20. The van der Waals surface area contributed by atoms with E-state index in [0.29, 0.717) is 19.5 Å². The molecule has 3 aromatic carbocycles. The van der Waals surface area contributed by atoms with Crippen molar-refractivity contribution >= 4 is 22.5 Å². The Hall–Kier alpha value is -2.94. The summed E-state index contributed by atoms with van der Waals surface area (Å²) in [6.07, 6.45) is 1.91. The van der Waals surface area contributed by atoms with E-state index in [1.165, 1.54) is 0 Å². The van der Waals surface area contributed by atoms with Crippen LogP contribution in [0.2, 0.25) is 0 Å². The van der Waals surface area contributed by atoms with Gasteiger partial charge in [-0.1, -0.05) is 72.8 Å². The van der Waals surface area contributed by atoms with Crippen molar-refractivity contribution in [2.45, 2.75) is 19.3 Å². The number of nitrogens with zero attached hydrogens (tertiary/aromatic N) is 1. The molecule has 0 atom stereocenters. The lowest BCUT2D eigenvalue weighted by atomic mass is 9.88. The van der Waals surface area contributed by atoms with E-state index in [4.69, 9.17) is 0 Å². The number of likely N-dealkylation sites (tertiary alicyclic amines) is 1. The standard InChI is InChI=1S/C24H23NO2/c26-23(17-21-11-6-10-18-7-4-5-12-22(18)21)25-15-13-20(14-16-25)24(27)19-8-2-1-3-9-19/h1-12,20H,13-17H2. The molecule has 1 heterocycles. The molecule has 0 saturated carbocycles. The molecule has 1 saturated heterocycles. The van der Waals surface area contributed by atoms with E-state index in [1.54, 1.807) is 0 Å². The number of carbonyl (C=O) groups is 2. The number of fused-ring (bicyclic) bond motifs is 1. The van der Waals surface area contributed by atoms with Gasteiger partial charge in [-0.05, 0) is 29.2 Å². The summed E-state index contributed by atoms with van der Waals surface area (Å²) in [4.78, 5) is 27.3. The first-order valence-electron chi connectivity index (χ1n) is 9.56. The van der Waals surface area contributed by atoms with Crippen LogP contribution in [0.15, 0.2) is 72.8 Å². The highest BCUT2D eigenvalue weighted by atomic mass is 16.2. The number of ketones is 1. The molecule has 136 valence electrons. The van der Waals surface area contributed by atoms with Gasteiger partial charge in [0.1, 0.15) is 0 Å². The number of amides is 1. The third kappa shape index (κ3) is 3.77. The van der Waals surface area contributed by atoms with Gasteiger partial charge >= 0.3 is 0 Å². The van der Waals surface area contributed by atoms with Crippen LogP contribution in [-0.4, -0.2) is 29.7 Å². The lowest BCUT2D eigenvalue weighted by molar-refractivity contribution is -0.131. The Kier molecular flexibility index (Phi) is 5.01. The second-order valence-corrected chi connectivity index (χ2v) is 7.20. The smallest absolute Gasteiger partial charge is 0.227 e. The van der Waals surface area contributed by atoms with E-state index in [1.807, 2.05) is 59.5 Å². The molecule has 0 bridgehead atoms. The second kappa shape index (κ2) is 7.75. The molecule has 1 amide bonds. The molecule has 0 N–H and O–H groups in total. The Morgan fingerprint density at radius 1 is 0.815 bits per heavy atom. The summed E-state index contributed by atoms with van der Waals surface area (Å²) in [5, 5.41) is 2.30. The van der Waals surface area contributed by atoms with Crippen molar-refractivity contribution in [3.63, 3.8) is 0 Å². The Bertz CT molecular complexity index is 951. The SMILES string of the molecule is O=C(c1ccccc1)C1CCN(C(=O)Cc2cccc3ccccc23)CC1. The number of rotatable bonds is 4. The zero-order valence-corrected chi connectivity index (χ0v) is 15.3. The van der Waals surface area contributed by atoms with Crippen molar-refractivity contribution in [1.29, 1.82) is 0 Å². The molecule has 1 aliphatic rings. The highest BCUT2D eigenvalue weighted by Crippen LogP contribution is 2.24. The van der Waals surface area contributed by atoms with Gasteiger partial charge in [-0.25, -0.2) is 0 Å². The fourth-order valence-electron chi connectivity index (χ4n) is 3.95. The largest absolute Gasteiger partial charge is 0.342 e. The maximum Gasteiger partial charge on any atom is 0.227 e. The molecule has 0 spiro atoms. The van der Waals surface area contributed by atoms with E-state index in [2.05, 4.69) is 18.2 Å². The molecule has 0 radical (unpaired) electrons. The first-order chi connectivity index (χ1) is 13.2. The van der Waals surface area contributed by atoms with Gasteiger partial charge in [0.15, 0.2) is 5.78 Å². The molecule has 0 unspecified atom stereocenters. The highest BCUT2D eigenvalue weighted by molar-refractivity contribution is 5.98. The maximum atomic E-state index is 12.8. The van der Waals surface area contributed by atoms with Crippen LogP contribution in [0.5, 0.6) is 0 Å². The van der Waals surface area contributed by atoms with E-state index in [-0.39, 0.29) is 17.6 Å². The molecular formula is C24H23NO2. The maximum absolute atomic E-state index is 12.8. The number of carbonyl (C=O) groups excluding carboxylic acids is 2. The summed E-state index contributed by atoms with van der Waals surface area (Å²) < 4.78 is 0. The van der Waals surface area contributed by atoms with Crippen LogP contribution in [0.4, 0.5) is 0 Å². The molecule has 1 fully saturated rings. The summed E-state index contributed by atoms with van der Waals surface area (Å²) in [6.45, 7) is 1.32. The molecular weight excluding hydrogens is 334 g/mol. The van der Waals surface area contributed by atoms with Crippen LogP contribution in [0, 0.1) is 5.92 Å². The van der Waals surface area contributed by atoms with Gasteiger partial charge in [-0.3, -0.25) is 9.59 Å². The summed E-state index contributed by atoms with van der Waals surface area (Å²) in [5.74, 6) is 0.378. The van der Waals surface area contributed by atoms with Crippen molar-refractivity contribution in [2.24, 2.45) is 5.92 Å². The van der Waals surface area contributed by atoms with E-state index >= 15 is 0 Å². The van der Waals surface area contributed by atoms with Gasteiger partial charge in [0.25, 0.3) is 0 Å². The average Bonchev–Trinajstić information content (AvgIpc) is 2.74. The molecule has 3 aromatic rings. The average molecular weight is 357 g/mol. The minimum atomic E-state index is 0.0222. The van der Waals surface area contributed by atoms with E-state index in [9.17, 15) is 9.59 Å². The Balaban J connectivity index is 1.39. The van der Waals surface area contributed by atoms with E-state index < -0.39 is 0 Å². The number of benzene rings is 3. The van der Waals surface area contributed by atoms with Crippen molar-refractivity contribution in [3.8, 4) is 0 Å². The van der Waals surface area contributed by atoms with Crippen molar-refractivity contribution in [1.82, 2.24) is 4.90 Å². The number of hydrogen-bond acceptors (Lipinski definition) is 2. The predicted octanol–water partition coefficient (Wildman–Crippen LogP) is 4.50. The van der Waals surface area contributed by atoms with Gasteiger partial charge in [0, 0.05) is 24.6 Å². The minimum Gasteiger partial charge on any atom is -0.342 e. The molecule has 27 heavy (non-hydrogen) atoms. The summed E-state index contributed by atoms with van der Waals surface area (Å²) in [5.41, 5.74) is 1.85. The monoisotopic (exact) mass is 357 g/mol. The third-order valence-electron chi connectivity index (χ3n) is 5.50. The fourth-order valence-corrected chi connectivity index (χ4v) is 3.95. The van der Waals surface area contributed by atoms with Gasteiger partial charge in [0.2, 0.25) is 5.91 Å². The van der Waals surface area contributed by atoms with Crippen LogP contribution >= 0.6 is 0 Å². The van der Waals surface area contributed by atoms with Crippen molar-refractivity contribution < 1.29 is 9.59 Å². The van der Waals surface area contributed by atoms with Crippen molar-refractivity contribution in [3.05, 3.63) is 83.9 Å². The zero-order valence-electron chi connectivity index (χ0n) is 15.3. The van der Waals surface area contributed by atoms with Gasteiger partial charge in [0.05, 0.1) is 6.42 Å². The Morgan fingerprint density at radius 3 is 2.26 bits per heavy atom. The normalized spacial score (nSPS) is 15.0. The molecule has 1 aliphatic heterocycles. The quantitative estimate of drug-likeness (QED) is 0.645. The molecule has 4 rings (SSSR count). The van der Waals surface area contributed by atoms with Gasteiger partial charge < -0.3 is 4.90 Å². The third-order valence-corrected chi connectivity index (χ3v) is 5.50. The highest BCUT2D eigenvalue weighted by Gasteiger charge is 2.27. The summed E-state index contributed by atoms with van der Waals surface area (Å²) in [7, 11) is 0. The topological polar surface area (TPSA) is 37.4 Å². The van der Waals surface area contributed by atoms with Crippen LogP contribution in [-0.2, 0) is 11.2 Å². The number of piperidine rings is 1.